The minimum absolute atomic E-state index is 0.652. The van der Waals surface area contributed by atoms with Gasteiger partial charge in [-0.25, -0.2) is 0 Å². The van der Waals surface area contributed by atoms with E-state index in [0.29, 0.717) is 5.92 Å². The fourth-order valence-electron chi connectivity index (χ4n) is 2.97. The predicted octanol–water partition coefficient (Wildman–Crippen LogP) is 6.34. The van der Waals surface area contributed by atoms with Gasteiger partial charge in [0.25, 0.3) is 0 Å². The number of hydrogen-bond donors (Lipinski definition) is 0. The summed E-state index contributed by atoms with van der Waals surface area (Å²) in [6, 6.07) is 15.7. The van der Waals surface area contributed by atoms with E-state index in [1.165, 1.54) is 39.0 Å². The van der Waals surface area contributed by atoms with Crippen LogP contribution in [0.25, 0.3) is 16.7 Å². The Bertz CT molecular complexity index is 742. The van der Waals surface area contributed by atoms with Crippen molar-refractivity contribution in [3.63, 3.8) is 0 Å². The van der Waals surface area contributed by atoms with Crippen LogP contribution in [0.1, 0.15) is 37.0 Å². The smallest absolute Gasteiger partial charge is 0.0181 e. The van der Waals surface area contributed by atoms with Gasteiger partial charge in [-0.05, 0) is 66.5 Å². The summed E-state index contributed by atoms with van der Waals surface area (Å²) >= 11 is 0. The van der Waals surface area contributed by atoms with Crippen molar-refractivity contribution >= 4 is 5.57 Å². The average molecular weight is 288 g/mol. The summed E-state index contributed by atoms with van der Waals surface area (Å²) in [7, 11) is 0. The van der Waals surface area contributed by atoms with Crippen LogP contribution in [-0.2, 0) is 0 Å². The molecule has 1 atom stereocenters. The average Bonchev–Trinajstić information content (AvgIpc) is 2.53. The van der Waals surface area contributed by atoms with E-state index in [-0.39, 0.29) is 0 Å². The van der Waals surface area contributed by atoms with Crippen molar-refractivity contribution < 1.29 is 0 Å². The SMILES string of the molecule is CC1=CC=C(c2ccc(-c3ccc(C)c(C)c3)cc2)CC1C. The summed E-state index contributed by atoms with van der Waals surface area (Å²) in [4.78, 5) is 0. The monoisotopic (exact) mass is 288 g/mol. The highest BCUT2D eigenvalue weighted by atomic mass is 14.2. The molecule has 112 valence electrons. The van der Waals surface area contributed by atoms with Gasteiger partial charge in [-0.3, -0.25) is 0 Å². The molecule has 1 aliphatic rings. The second-order valence-electron chi connectivity index (χ2n) is 6.58. The number of aryl methyl sites for hydroxylation is 2. The minimum Gasteiger partial charge on any atom is -0.0702 e. The van der Waals surface area contributed by atoms with Crippen LogP contribution in [-0.4, -0.2) is 0 Å². The summed E-state index contributed by atoms with van der Waals surface area (Å²) in [5.74, 6) is 0.652. The Hall–Kier alpha value is -2.08. The van der Waals surface area contributed by atoms with Crippen LogP contribution in [0.2, 0.25) is 0 Å². The first-order valence-corrected chi connectivity index (χ1v) is 8.10. The normalized spacial score (nSPS) is 17.9. The molecule has 0 nitrogen and oxygen atoms in total. The lowest BCUT2D eigenvalue weighted by atomic mass is 9.86. The molecule has 0 heterocycles. The molecule has 0 bridgehead atoms. The molecule has 0 heteroatoms. The zero-order valence-electron chi connectivity index (χ0n) is 14.0. The van der Waals surface area contributed by atoms with Crippen LogP contribution in [0.3, 0.4) is 0 Å². The van der Waals surface area contributed by atoms with Crippen molar-refractivity contribution in [3.05, 3.63) is 76.9 Å². The van der Waals surface area contributed by atoms with Crippen LogP contribution in [0, 0.1) is 19.8 Å². The third-order valence-corrected chi connectivity index (χ3v) is 4.95. The highest BCUT2D eigenvalue weighted by Crippen LogP contribution is 2.32. The van der Waals surface area contributed by atoms with E-state index < -0.39 is 0 Å². The first-order chi connectivity index (χ1) is 10.5. The molecule has 22 heavy (non-hydrogen) atoms. The third kappa shape index (κ3) is 2.92. The quantitative estimate of drug-likeness (QED) is 0.605. The van der Waals surface area contributed by atoms with Crippen molar-refractivity contribution in [3.8, 4) is 11.1 Å². The molecule has 0 fully saturated rings. The standard InChI is InChI=1S/C22H24/c1-15-5-7-21(13-17(15)3)19-9-11-20(12-10-19)22-8-6-16(2)18(4)14-22/h5-13,18H,14H2,1-4H3. The lowest BCUT2D eigenvalue weighted by Crippen LogP contribution is -2.02. The van der Waals surface area contributed by atoms with Crippen molar-refractivity contribution in [1.82, 2.24) is 0 Å². The Balaban J connectivity index is 1.88. The van der Waals surface area contributed by atoms with Crippen LogP contribution < -0.4 is 0 Å². The van der Waals surface area contributed by atoms with Gasteiger partial charge in [-0.15, -0.1) is 0 Å². The summed E-state index contributed by atoms with van der Waals surface area (Å²) < 4.78 is 0. The number of benzene rings is 2. The number of allylic oxidation sites excluding steroid dienone is 4. The van der Waals surface area contributed by atoms with E-state index in [1.807, 2.05) is 0 Å². The fourth-order valence-corrected chi connectivity index (χ4v) is 2.97. The van der Waals surface area contributed by atoms with Crippen molar-refractivity contribution in [2.24, 2.45) is 5.92 Å². The molecule has 0 aromatic heterocycles. The first-order valence-electron chi connectivity index (χ1n) is 8.10. The summed E-state index contributed by atoms with van der Waals surface area (Å²) in [5, 5.41) is 0. The summed E-state index contributed by atoms with van der Waals surface area (Å²) in [6.45, 7) is 8.87. The van der Waals surface area contributed by atoms with Gasteiger partial charge < -0.3 is 0 Å². The van der Waals surface area contributed by atoms with Gasteiger partial charge in [0.1, 0.15) is 0 Å². The Labute approximate surface area is 134 Å². The van der Waals surface area contributed by atoms with Gasteiger partial charge in [-0.2, -0.15) is 0 Å². The second-order valence-corrected chi connectivity index (χ2v) is 6.58. The van der Waals surface area contributed by atoms with Crippen LogP contribution >= 0.6 is 0 Å². The number of hydrogen-bond acceptors (Lipinski definition) is 0. The summed E-state index contributed by atoms with van der Waals surface area (Å²) in [5.41, 5.74) is 9.58. The molecule has 3 rings (SSSR count). The van der Waals surface area contributed by atoms with Gasteiger partial charge in [0, 0.05) is 0 Å². The van der Waals surface area contributed by atoms with Gasteiger partial charge in [0.05, 0.1) is 0 Å². The van der Waals surface area contributed by atoms with E-state index in [9.17, 15) is 0 Å². The molecule has 0 spiro atoms. The van der Waals surface area contributed by atoms with Gasteiger partial charge in [0.2, 0.25) is 0 Å². The van der Waals surface area contributed by atoms with Gasteiger partial charge in [0.15, 0.2) is 0 Å². The minimum atomic E-state index is 0.652. The molecule has 2 aromatic carbocycles. The van der Waals surface area contributed by atoms with Crippen LogP contribution in [0.15, 0.2) is 60.2 Å². The van der Waals surface area contributed by atoms with Gasteiger partial charge in [-0.1, -0.05) is 67.1 Å². The van der Waals surface area contributed by atoms with E-state index in [1.54, 1.807) is 0 Å². The Kier molecular flexibility index (Phi) is 4.02. The summed E-state index contributed by atoms with van der Waals surface area (Å²) in [6.07, 6.45) is 5.69. The molecule has 1 aliphatic carbocycles. The van der Waals surface area contributed by atoms with Crippen molar-refractivity contribution in [2.75, 3.05) is 0 Å². The van der Waals surface area contributed by atoms with E-state index in [2.05, 4.69) is 82.3 Å². The molecule has 0 saturated carbocycles. The van der Waals surface area contributed by atoms with Crippen LogP contribution in [0.5, 0.6) is 0 Å². The first kappa shape index (κ1) is 14.8. The van der Waals surface area contributed by atoms with Crippen LogP contribution in [0.4, 0.5) is 0 Å². The fraction of sp³-hybridized carbons (Fsp3) is 0.273. The zero-order valence-corrected chi connectivity index (χ0v) is 14.0. The highest BCUT2D eigenvalue weighted by Gasteiger charge is 2.13. The molecule has 0 radical (unpaired) electrons. The van der Waals surface area contributed by atoms with Crippen molar-refractivity contribution in [1.29, 1.82) is 0 Å². The lowest BCUT2D eigenvalue weighted by molar-refractivity contribution is 0.697. The highest BCUT2D eigenvalue weighted by molar-refractivity contribution is 5.72. The maximum Gasteiger partial charge on any atom is -0.0181 e. The molecular weight excluding hydrogens is 264 g/mol. The molecule has 0 aliphatic heterocycles. The third-order valence-electron chi connectivity index (χ3n) is 4.95. The topological polar surface area (TPSA) is 0 Å². The molecule has 2 aromatic rings. The second kappa shape index (κ2) is 5.96. The maximum atomic E-state index is 2.31. The largest absolute Gasteiger partial charge is 0.0702 e. The molecule has 1 unspecified atom stereocenters. The predicted molar refractivity (Wildman–Crippen MR) is 96.9 cm³/mol. The lowest BCUT2D eigenvalue weighted by Gasteiger charge is -2.19. The van der Waals surface area contributed by atoms with E-state index in [0.717, 1.165) is 6.42 Å². The number of rotatable bonds is 2. The Morgan fingerprint density at radius 3 is 2.00 bits per heavy atom. The Morgan fingerprint density at radius 1 is 0.727 bits per heavy atom. The van der Waals surface area contributed by atoms with E-state index >= 15 is 0 Å². The zero-order chi connectivity index (χ0) is 15.7. The molecule has 0 saturated heterocycles. The molecule has 0 amide bonds. The molecule has 0 N–H and O–H groups in total. The Morgan fingerprint density at radius 2 is 1.36 bits per heavy atom. The molecular formula is C22H24. The van der Waals surface area contributed by atoms with E-state index in [4.69, 9.17) is 0 Å². The van der Waals surface area contributed by atoms with Gasteiger partial charge >= 0.3 is 0 Å². The maximum absolute atomic E-state index is 2.31. The van der Waals surface area contributed by atoms with Crippen molar-refractivity contribution in [2.45, 2.75) is 34.1 Å².